The van der Waals surface area contributed by atoms with Crippen LogP contribution in [0.2, 0.25) is 0 Å². The molecule has 0 bridgehead atoms. The summed E-state index contributed by atoms with van der Waals surface area (Å²) in [6, 6.07) is 6.55. The van der Waals surface area contributed by atoms with Crippen molar-refractivity contribution in [2.75, 3.05) is 0 Å². The van der Waals surface area contributed by atoms with Crippen molar-refractivity contribution in [3.05, 3.63) is 52.3 Å². The smallest absolute Gasteiger partial charge is 0.347 e. The molecule has 2 aromatic heterocycles. The van der Waals surface area contributed by atoms with E-state index in [4.69, 9.17) is 13.9 Å². The SMILES string of the molecule is O=C(O)CCc1ccc(-c2cc3cc(F)c(O)cc3oc2=O)o1. The molecule has 3 aromatic rings. The van der Waals surface area contributed by atoms with Crippen LogP contribution in [0.1, 0.15) is 12.2 Å². The van der Waals surface area contributed by atoms with Gasteiger partial charge in [0.15, 0.2) is 11.6 Å². The van der Waals surface area contributed by atoms with Crippen molar-refractivity contribution in [2.24, 2.45) is 0 Å². The number of carboxylic acids is 1. The van der Waals surface area contributed by atoms with E-state index in [9.17, 15) is 19.1 Å². The van der Waals surface area contributed by atoms with E-state index in [-0.39, 0.29) is 29.7 Å². The Balaban J connectivity index is 2.02. The molecule has 3 rings (SSSR count). The number of aliphatic carboxylic acids is 1. The molecule has 6 nitrogen and oxygen atoms in total. The highest BCUT2D eigenvalue weighted by Gasteiger charge is 2.14. The van der Waals surface area contributed by atoms with Gasteiger partial charge < -0.3 is 19.0 Å². The topological polar surface area (TPSA) is 101 Å². The summed E-state index contributed by atoms with van der Waals surface area (Å²) in [5, 5.41) is 18.2. The number of hydrogen-bond donors (Lipinski definition) is 2. The Bertz CT molecular complexity index is 953. The molecule has 2 heterocycles. The lowest BCUT2D eigenvalue weighted by atomic mass is 10.1. The van der Waals surface area contributed by atoms with Crippen LogP contribution in [0, 0.1) is 5.82 Å². The first-order valence-corrected chi connectivity index (χ1v) is 6.71. The molecule has 0 aliphatic rings. The van der Waals surface area contributed by atoms with Crippen molar-refractivity contribution in [2.45, 2.75) is 12.8 Å². The molecule has 0 saturated carbocycles. The van der Waals surface area contributed by atoms with E-state index >= 15 is 0 Å². The minimum absolute atomic E-state index is 0.0512. The molecule has 0 aliphatic heterocycles. The number of carbonyl (C=O) groups is 1. The van der Waals surface area contributed by atoms with Crippen LogP contribution < -0.4 is 5.63 Å². The number of rotatable bonds is 4. The van der Waals surface area contributed by atoms with Crippen LogP contribution in [0.5, 0.6) is 5.75 Å². The van der Waals surface area contributed by atoms with E-state index in [0.29, 0.717) is 11.1 Å². The van der Waals surface area contributed by atoms with Gasteiger partial charge >= 0.3 is 11.6 Å². The van der Waals surface area contributed by atoms with Crippen LogP contribution in [0.25, 0.3) is 22.3 Å². The largest absolute Gasteiger partial charge is 0.505 e. The summed E-state index contributed by atoms with van der Waals surface area (Å²) >= 11 is 0. The number of phenolic OH excluding ortho intramolecular Hbond substituents is 1. The molecule has 0 saturated heterocycles. The fourth-order valence-corrected chi connectivity index (χ4v) is 2.19. The average molecular weight is 318 g/mol. The highest BCUT2D eigenvalue weighted by molar-refractivity contribution is 5.82. The number of hydrogen-bond acceptors (Lipinski definition) is 5. The van der Waals surface area contributed by atoms with Crippen LogP contribution in [0.4, 0.5) is 4.39 Å². The molecule has 7 heteroatoms. The Morgan fingerprint density at radius 1 is 1.17 bits per heavy atom. The third kappa shape index (κ3) is 2.94. The van der Waals surface area contributed by atoms with Gasteiger partial charge in [0.05, 0.1) is 6.42 Å². The van der Waals surface area contributed by atoms with Crippen LogP contribution in [-0.2, 0) is 11.2 Å². The predicted octanol–water partition coefficient (Wildman–Crippen LogP) is 2.91. The number of carboxylic acid groups (broad SMARTS) is 1. The van der Waals surface area contributed by atoms with Crippen LogP contribution in [-0.4, -0.2) is 16.2 Å². The maximum atomic E-state index is 13.4. The second-order valence-electron chi connectivity index (χ2n) is 4.95. The van der Waals surface area contributed by atoms with Gasteiger partial charge in [-0.25, -0.2) is 9.18 Å². The number of phenols is 1. The van der Waals surface area contributed by atoms with E-state index in [1.807, 2.05) is 0 Å². The minimum Gasteiger partial charge on any atom is -0.505 e. The Labute approximate surface area is 128 Å². The summed E-state index contributed by atoms with van der Waals surface area (Å²) < 4.78 is 23.9. The first-order valence-electron chi connectivity index (χ1n) is 6.71. The minimum atomic E-state index is -0.955. The maximum absolute atomic E-state index is 13.4. The molecule has 23 heavy (non-hydrogen) atoms. The maximum Gasteiger partial charge on any atom is 0.347 e. The molecule has 0 radical (unpaired) electrons. The summed E-state index contributed by atoms with van der Waals surface area (Å²) in [4.78, 5) is 22.6. The number of aryl methyl sites for hydroxylation is 1. The zero-order valence-corrected chi connectivity index (χ0v) is 11.7. The van der Waals surface area contributed by atoms with E-state index in [2.05, 4.69) is 0 Å². The van der Waals surface area contributed by atoms with Gasteiger partial charge in [-0.1, -0.05) is 0 Å². The van der Waals surface area contributed by atoms with E-state index in [1.165, 1.54) is 12.1 Å². The first kappa shape index (κ1) is 14.8. The van der Waals surface area contributed by atoms with Gasteiger partial charge in [-0.15, -0.1) is 0 Å². The highest BCUT2D eigenvalue weighted by Crippen LogP contribution is 2.27. The quantitative estimate of drug-likeness (QED) is 0.717. The number of aromatic hydroxyl groups is 1. The third-order valence-corrected chi connectivity index (χ3v) is 3.31. The normalized spacial score (nSPS) is 11.0. The van der Waals surface area contributed by atoms with Crippen LogP contribution >= 0.6 is 0 Å². The summed E-state index contributed by atoms with van der Waals surface area (Å²) in [5.41, 5.74) is -0.567. The second kappa shape index (κ2) is 5.60. The summed E-state index contributed by atoms with van der Waals surface area (Å²) in [6.07, 6.45) is 0.0977. The number of halogens is 1. The van der Waals surface area contributed by atoms with E-state index in [0.717, 1.165) is 12.1 Å². The van der Waals surface area contributed by atoms with Crippen LogP contribution in [0.15, 0.2) is 44.0 Å². The Hall–Kier alpha value is -3.09. The van der Waals surface area contributed by atoms with E-state index in [1.54, 1.807) is 6.07 Å². The summed E-state index contributed by atoms with van der Waals surface area (Å²) in [5.74, 6) is -1.78. The monoisotopic (exact) mass is 318 g/mol. The van der Waals surface area contributed by atoms with Gasteiger partial charge in [-0.2, -0.15) is 0 Å². The summed E-state index contributed by atoms with van der Waals surface area (Å²) in [7, 11) is 0. The van der Waals surface area contributed by atoms with Gasteiger partial charge in [0.25, 0.3) is 0 Å². The summed E-state index contributed by atoms with van der Waals surface area (Å²) in [6.45, 7) is 0. The van der Waals surface area contributed by atoms with Gasteiger partial charge in [0, 0.05) is 17.9 Å². The van der Waals surface area contributed by atoms with Gasteiger partial charge in [-0.05, 0) is 24.3 Å². The molecular formula is C16H11FO6. The van der Waals surface area contributed by atoms with Crippen molar-refractivity contribution in [3.63, 3.8) is 0 Å². The van der Waals surface area contributed by atoms with Gasteiger partial charge in [-0.3, -0.25) is 4.79 Å². The van der Waals surface area contributed by atoms with Crippen molar-refractivity contribution < 1.29 is 28.2 Å². The molecule has 0 unspecified atom stereocenters. The van der Waals surface area contributed by atoms with Crippen molar-refractivity contribution >= 4 is 16.9 Å². The number of fused-ring (bicyclic) bond motifs is 1. The molecule has 118 valence electrons. The molecule has 1 aromatic carbocycles. The lowest BCUT2D eigenvalue weighted by molar-refractivity contribution is -0.137. The van der Waals surface area contributed by atoms with Crippen molar-refractivity contribution in [3.8, 4) is 17.1 Å². The molecule has 0 fully saturated rings. The Morgan fingerprint density at radius 2 is 1.96 bits per heavy atom. The van der Waals surface area contributed by atoms with Crippen molar-refractivity contribution in [1.82, 2.24) is 0 Å². The standard InChI is InChI=1S/C16H11FO6/c17-11-6-8-5-10(16(21)23-14(8)7-12(11)18)13-3-1-9(22-13)2-4-15(19)20/h1,3,5-7,18H,2,4H2,(H,19,20). The lowest BCUT2D eigenvalue weighted by Gasteiger charge is -2.02. The lowest BCUT2D eigenvalue weighted by Crippen LogP contribution is -2.02. The molecule has 0 aliphatic carbocycles. The Morgan fingerprint density at radius 3 is 2.70 bits per heavy atom. The molecule has 0 spiro atoms. The Kier molecular flexibility index (Phi) is 3.61. The fourth-order valence-electron chi connectivity index (χ4n) is 2.19. The fraction of sp³-hybridized carbons (Fsp3) is 0.125. The number of furan rings is 1. The molecular weight excluding hydrogens is 307 g/mol. The van der Waals surface area contributed by atoms with Crippen LogP contribution in [0.3, 0.4) is 0 Å². The average Bonchev–Trinajstić information content (AvgIpc) is 2.95. The van der Waals surface area contributed by atoms with E-state index < -0.39 is 23.2 Å². The number of benzene rings is 1. The molecule has 2 N–H and O–H groups in total. The predicted molar refractivity (Wildman–Crippen MR) is 77.8 cm³/mol. The second-order valence-corrected chi connectivity index (χ2v) is 4.95. The first-order chi connectivity index (χ1) is 10.9. The van der Waals surface area contributed by atoms with Gasteiger partial charge in [0.2, 0.25) is 0 Å². The highest BCUT2D eigenvalue weighted by atomic mass is 19.1. The molecule has 0 amide bonds. The zero-order valence-electron chi connectivity index (χ0n) is 11.7. The zero-order chi connectivity index (χ0) is 16.6. The van der Waals surface area contributed by atoms with Crippen molar-refractivity contribution in [1.29, 1.82) is 0 Å². The third-order valence-electron chi connectivity index (χ3n) is 3.31. The molecule has 0 atom stereocenters. The van der Waals surface area contributed by atoms with Gasteiger partial charge in [0.1, 0.15) is 22.7 Å².